The number of nitrogens with one attached hydrogen (secondary N) is 2. The van der Waals surface area contributed by atoms with Gasteiger partial charge in [-0.2, -0.15) is 0 Å². The van der Waals surface area contributed by atoms with Crippen molar-refractivity contribution >= 4 is 6.03 Å². The van der Waals surface area contributed by atoms with Crippen molar-refractivity contribution < 1.29 is 9.18 Å². The van der Waals surface area contributed by atoms with E-state index in [1.54, 1.807) is 19.1 Å². The van der Waals surface area contributed by atoms with E-state index in [0.29, 0.717) is 18.7 Å². The Morgan fingerprint density at radius 3 is 2.88 bits per heavy atom. The number of rotatable bonds is 4. The Hall–Kier alpha value is -2.44. The minimum atomic E-state index is -0.275. The second kappa shape index (κ2) is 7.42. The summed E-state index contributed by atoms with van der Waals surface area (Å²) in [4.78, 5) is 11.9. The van der Waals surface area contributed by atoms with Gasteiger partial charge in [0.25, 0.3) is 0 Å². The maximum Gasteiger partial charge on any atom is 0.315 e. The predicted octanol–water partition coefficient (Wildman–Crippen LogP) is 2.45. The lowest BCUT2D eigenvalue weighted by atomic mass is 10.1. The van der Waals surface area contributed by atoms with E-state index < -0.39 is 0 Å². The lowest BCUT2D eigenvalue weighted by Crippen LogP contribution is -2.35. The molecule has 6 nitrogen and oxygen atoms in total. The number of benzene rings is 1. The summed E-state index contributed by atoms with van der Waals surface area (Å²) in [5, 5.41) is 14.0. The summed E-state index contributed by atoms with van der Waals surface area (Å²) in [6.07, 6.45) is 4.41. The topological polar surface area (TPSA) is 71.8 Å². The molecule has 0 atom stereocenters. The molecule has 128 valence electrons. The number of nitrogens with zero attached hydrogens (tertiary/aromatic N) is 3. The maximum atomic E-state index is 13.2. The molecular formula is C17H22FN5O. The van der Waals surface area contributed by atoms with Gasteiger partial charge in [0.2, 0.25) is 0 Å². The second-order valence-corrected chi connectivity index (χ2v) is 6.11. The highest BCUT2D eigenvalue weighted by Crippen LogP contribution is 2.14. The molecule has 2 amide bonds. The van der Waals surface area contributed by atoms with Crippen molar-refractivity contribution in [1.29, 1.82) is 0 Å². The predicted molar refractivity (Wildman–Crippen MR) is 87.8 cm³/mol. The minimum absolute atomic E-state index is 0.240. The summed E-state index contributed by atoms with van der Waals surface area (Å²) in [5.74, 6) is 1.56. The molecule has 0 bridgehead atoms. The number of aryl methyl sites for hydroxylation is 2. The van der Waals surface area contributed by atoms with Gasteiger partial charge in [0, 0.05) is 19.5 Å². The quantitative estimate of drug-likeness (QED) is 0.904. The maximum absolute atomic E-state index is 13.2. The lowest BCUT2D eigenvalue weighted by Gasteiger charge is -2.10. The Labute approximate surface area is 140 Å². The molecule has 0 spiro atoms. The third kappa shape index (κ3) is 3.90. The van der Waals surface area contributed by atoms with Crippen molar-refractivity contribution in [3.05, 3.63) is 46.8 Å². The van der Waals surface area contributed by atoms with Crippen LogP contribution in [-0.2, 0) is 26.1 Å². The lowest BCUT2D eigenvalue weighted by molar-refractivity contribution is 0.239. The van der Waals surface area contributed by atoms with E-state index in [0.717, 1.165) is 43.0 Å². The molecule has 2 heterocycles. The van der Waals surface area contributed by atoms with Gasteiger partial charge in [0.15, 0.2) is 5.82 Å². The van der Waals surface area contributed by atoms with E-state index in [1.165, 1.54) is 12.5 Å². The normalized spacial score (nSPS) is 13.9. The minimum Gasteiger partial charge on any atom is -0.334 e. The zero-order valence-electron chi connectivity index (χ0n) is 13.8. The number of hydrogen-bond donors (Lipinski definition) is 2. The van der Waals surface area contributed by atoms with Crippen LogP contribution >= 0.6 is 0 Å². The van der Waals surface area contributed by atoms with E-state index in [-0.39, 0.29) is 11.8 Å². The van der Waals surface area contributed by atoms with E-state index in [2.05, 4.69) is 25.4 Å². The monoisotopic (exact) mass is 331 g/mol. The number of fused-ring (bicyclic) bond motifs is 1. The molecule has 1 aromatic heterocycles. The standard InChI is InChI=1S/C17H22FN5O/c1-12-9-13(6-7-14(12)18)10-19-17(24)20-11-16-22-21-15-5-3-2-4-8-23(15)16/h6-7,9H,2-5,8,10-11H2,1H3,(H2,19,20,24). The van der Waals surface area contributed by atoms with Crippen molar-refractivity contribution in [3.8, 4) is 0 Å². The Morgan fingerprint density at radius 2 is 2.04 bits per heavy atom. The highest BCUT2D eigenvalue weighted by atomic mass is 19.1. The number of carbonyl (C=O) groups is 1. The highest BCUT2D eigenvalue weighted by Gasteiger charge is 2.15. The van der Waals surface area contributed by atoms with Crippen LogP contribution in [0.25, 0.3) is 0 Å². The zero-order valence-corrected chi connectivity index (χ0v) is 13.8. The summed E-state index contributed by atoms with van der Waals surface area (Å²) < 4.78 is 15.3. The van der Waals surface area contributed by atoms with Crippen LogP contribution < -0.4 is 10.6 Å². The SMILES string of the molecule is Cc1cc(CNC(=O)NCc2nnc3n2CCCCC3)ccc1F. The molecular weight excluding hydrogens is 309 g/mol. The first kappa shape index (κ1) is 16.4. The van der Waals surface area contributed by atoms with Gasteiger partial charge in [-0.15, -0.1) is 10.2 Å². The van der Waals surface area contributed by atoms with Crippen LogP contribution in [0.1, 0.15) is 42.0 Å². The fourth-order valence-electron chi connectivity index (χ4n) is 2.90. The molecule has 0 aliphatic carbocycles. The van der Waals surface area contributed by atoms with E-state index in [4.69, 9.17) is 0 Å². The number of amides is 2. The molecule has 0 saturated heterocycles. The smallest absolute Gasteiger partial charge is 0.315 e. The first-order valence-corrected chi connectivity index (χ1v) is 8.31. The molecule has 7 heteroatoms. The molecule has 3 rings (SSSR count). The number of halogens is 1. The molecule has 0 unspecified atom stereocenters. The first-order chi connectivity index (χ1) is 11.6. The number of hydrogen-bond acceptors (Lipinski definition) is 3. The third-order valence-electron chi connectivity index (χ3n) is 4.27. The van der Waals surface area contributed by atoms with Gasteiger partial charge in [-0.25, -0.2) is 9.18 Å². The van der Waals surface area contributed by atoms with E-state index in [1.807, 2.05) is 0 Å². The van der Waals surface area contributed by atoms with Crippen molar-refractivity contribution in [3.63, 3.8) is 0 Å². The fourth-order valence-corrected chi connectivity index (χ4v) is 2.90. The van der Waals surface area contributed by atoms with E-state index in [9.17, 15) is 9.18 Å². The summed E-state index contributed by atoms with van der Waals surface area (Å²) in [5.41, 5.74) is 1.43. The van der Waals surface area contributed by atoms with Crippen molar-refractivity contribution in [2.45, 2.75) is 52.2 Å². The van der Waals surface area contributed by atoms with Crippen LogP contribution in [0.2, 0.25) is 0 Å². The molecule has 0 radical (unpaired) electrons. The van der Waals surface area contributed by atoms with Gasteiger partial charge in [-0.3, -0.25) is 0 Å². The molecule has 2 aromatic rings. The Kier molecular flexibility index (Phi) is 5.08. The highest BCUT2D eigenvalue weighted by molar-refractivity contribution is 5.73. The average Bonchev–Trinajstić information content (AvgIpc) is 2.80. The summed E-state index contributed by atoms with van der Waals surface area (Å²) in [7, 11) is 0. The number of carbonyl (C=O) groups excluding carboxylic acids is 1. The van der Waals surface area contributed by atoms with Gasteiger partial charge in [-0.1, -0.05) is 18.6 Å². The summed E-state index contributed by atoms with van der Waals surface area (Å²) in [6, 6.07) is 4.54. The molecule has 1 aliphatic rings. The Bertz CT molecular complexity index is 728. The molecule has 0 saturated carbocycles. The number of urea groups is 1. The summed E-state index contributed by atoms with van der Waals surface area (Å²) >= 11 is 0. The van der Waals surface area contributed by atoms with Crippen LogP contribution in [-0.4, -0.2) is 20.8 Å². The van der Waals surface area contributed by atoms with Crippen LogP contribution in [0.5, 0.6) is 0 Å². The third-order valence-corrected chi connectivity index (χ3v) is 4.27. The van der Waals surface area contributed by atoms with Gasteiger partial charge in [0.1, 0.15) is 11.6 Å². The number of aromatic nitrogens is 3. The summed E-state index contributed by atoms with van der Waals surface area (Å²) in [6.45, 7) is 3.32. The molecule has 1 aromatic carbocycles. The van der Waals surface area contributed by atoms with Crippen LogP contribution in [0, 0.1) is 12.7 Å². The Morgan fingerprint density at radius 1 is 1.21 bits per heavy atom. The molecule has 2 N–H and O–H groups in total. The Balaban J connectivity index is 1.51. The fraction of sp³-hybridized carbons (Fsp3) is 0.471. The molecule has 24 heavy (non-hydrogen) atoms. The van der Waals surface area contributed by atoms with Crippen molar-refractivity contribution in [1.82, 2.24) is 25.4 Å². The van der Waals surface area contributed by atoms with Crippen molar-refractivity contribution in [2.75, 3.05) is 0 Å². The molecule has 1 aliphatic heterocycles. The first-order valence-electron chi connectivity index (χ1n) is 8.31. The van der Waals surface area contributed by atoms with Crippen LogP contribution in [0.4, 0.5) is 9.18 Å². The van der Waals surface area contributed by atoms with Crippen LogP contribution in [0.3, 0.4) is 0 Å². The van der Waals surface area contributed by atoms with E-state index >= 15 is 0 Å². The average molecular weight is 331 g/mol. The van der Waals surface area contributed by atoms with Gasteiger partial charge >= 0.3 is 6.03 Å². The van der Waals surface area contributed by atoms with Crippen LogP contribution in [0.15, 0.2) is 18.2 Å². The van der Waals surface area contributed by atoms with Crippen molar-refractivity contribution in [2.24, 2.45) is 0 Å². The van der Waals surface area contributed by atoms with Gasteiger partial charge in [-0.05, 0) is 37.0 Å². The zero-order chi connectivity index (χ0) is 16.9. The largest absolute Gasteiger partial charge is 0.334 e. The van der Waals surface area contributed by atoms with Gasteiger partial charge < -0.3 is 15.2 Å². The second-order valence-electron chi connectivity index (χ2n) is 6.11. The van der Waals surface area contributed by atoms with Gasteiger partial charge in [0.05, 0.1) is 6.54 Å². The molecule has 0 fully saturated rings.